The maximum absolute atomic E-state index is 9.86. The number of phenolic OH excluding ortho intramolecular Hbond substituents is 2. The van der Waals surface area contributed by atoms with E-state index in [9.17, 15) is 10.2 Å². The molecule has 0 bridgehead atoms. The molecule has 2 aromatic carbocycles. The molecule has 0 aliphatic heterocycles. The third-order valence-corrected chi connectivity index (χ3v) is 8.17. The Bertz CT molecular complexity index is 879. The first-order valence-electron chi connectivity index (χ1n) is 10.9. The lowest BCUT2D eigenvalue weighted by Gasteiger charge is -2.51. The number of benzene rings is 2. The molecule has 0 radical (unpaired) electrons. The lowest BCUT2D eigenvalue weighted by molar-refractivity contribution is 0.0408. The predicted molar refractivity (Wildman–Crippen MR) is 111 cm³/mol. The van der Waals surface area contributed by atoms with Gasteiger partial charge in [0.05, 0.1) is 0 Å². The quantitative estimate of drug-likeness (QED) is 0.696. The molecule has 148 valence electrons. The largest absolute Gasteiger partial charge is 0.508 e. The fourth-order valence-corrected chi connectivity index (χ4v) is 6.81. The molecule has 0 amide bonds. The van der Waals surface area contributed by atoms with E-state index in [4.69, 9.17) is 0 Å². The van der Waals surface area contributed by atoms with Crippen molar-refractivity contribution in [2.75, 3.05) is 0 Å². The summed E-state index contributed by atoms with van der Waals surface area (Å²) in [6.07, 6.45) is 7.49. The first-order valence-corrected chi connectivity index (χ1v) is 10.9. The number of hydrogen-bond donors (Lipinski definition) is 3. The fourth-order valence-electron chi connectivity index (χ4n) is 6.81. The molecule has 0 spiro atoms. The van der Waals surface area contributed by atoms with Gasteiger partial charge in [0.2, 0.25) is 0 Å². The highest BCUT2D eigenvalue weighted by Gasteiger charge is 2.54. The number of phenols is 2. The Morgan fingerprint density at radius 3 is 2.71 bits per heavy atom. The van der Waals surface area contributed by atoms with Crippen molar-refractivity contribution >= 4 is 0 Å². The van der Waals surface area contributed by atoms with E-state index in [2.05, 4.69) is 24.4 Å². The molecule has 5 rings (SSSR count). The number of rotatable bonds is 3. The number of nitrogens with one attached hydrogen (secondary N) is 1. The van der Waals surface area contributed by atoms with Gasteiger partial charge in [0, 0.05) is 12.6 Å². The van der Waals surface area contributed by atoms with Gasteiger partial charge in [0.1, 0.15) is 11.5 Å². The van der Waals surface area contributed by atoms with E-state index < -0.39 is 0 Å². The average Bonchev–Trinajstić information content (AvgIpc) is 3.02. The zero-order valence-corrected chi connectivity index (χ0v) is 16.7. The Kier molecular flexibility index (Phi) is 4.39. The minimum atomic E-state index is 0.349. The van der Waals surface area contributed by atoms with Crippen LogP contribution in [0.5, 0.6) is 11.5 Å². The first-order chi connectivity index (χ1) is 13.5. The average molecular weight is 378 g/mol. The van der Waals surface area contributed by atoms with Gasteiger partial charge < -0.3 is 15.5 Å². The van der Waals surface area contributed by atoms with Crippen LogP contribution in [0.2, 0.25) is 0 Å². The molecule has 3 aliphatic rings. The van der Waals surface area contributed by atoms with E-state index in [0.717, 1.165) is 30.4 Å². The number of fused-ring (bicyclic) bond motifs is 5. The summed E-state index contributed by atoms with van der Waals surface area (Å²) >= 11 is 0. The maximum Gasteiger partial charge on any atom is 0.115 e. The fraction of sp³-hybridized carbons (Fsp3) is 0.520. The van der Waals surface area contributed by atoms with Crippen molar-refractivity contribution in [2.24, 2.45) is 17.3 Å². The molecule has 0 heterocycles. The standard InChI is InChI=1S/C25H31NO2/c1-25-12-11-21-20-8-6-19(28)14-17(20)5-7-22(21)23(25)9-10-24(25)26-15-16-3-2-4-18(27)13-16/h2-4,6,8,13-14,21-24,26-28H,5,7,9-12,15H2,1H3/t21-,22-,23+,24-,25+/m1/s1. The van der Waals surface area contributed by atoms with E-state index in [1.165, 1.54) is 43.2 Å². The molecule has 28 heavy (non-hydrogen) atoms. The van der Waals surface area contributed by atoms with Crippen LogP contribution >= 0.6 is 0 Å². The second kappa shape index (κ2) is 6.81. The summed E-state index contributed by atoms with van der Waals surface area (Å²) in [5.74, 6) is 3.00. The highest BCUT2D eigenvalue weighted by atomic mass is 16.3. The van der Waals surface area contributed by atoms with Gasteiger partial charge in [-0.2, -0.15) is 0 Å². The molecule has 3 aliphatic carbocycles. The van der Waals surface area contributed by atoms with Crippen LogP contribution in [0.25, 0.3) is 0 Å². The van der Waals surface area contributed by atoms with Crippen molar-refractivity contribution in [3.63, 3.8) is 0 Å². The van der Waals surface area contributed by atoms with Gasteiger partial charge in [-0.3, -0.25) is 0 Å². The number of aryl methyl sites for hydroxylation is 1. The van der Waals surface area contributed by atoms with Crippen molar-refractivity contribution < 1.29 is 10.2 Å². The van der Waals surface area contributed by atoms with Crippen molar-refractivity contribution in [3.05, 3.63) is 59.2 Å². The molecule has 3 N–H and O–H groups in total. The molecule has 0 saturated heterocycles. The van der Waals surface area contributed by atoms with Crippen LogP contribution in [-0.4, -0.2) is 16.3 Å². The van der Waals surface area contributed by atoms with Gasteiger partial charge in [-0.05, 0) is 103 Å². The van der Waals surface area contributed by atoms with E-state index >= 15 is 0 Å². The summed E-state index contributed by atoms with van der Waals surface area (Å²) < 4.78 is 0. The molecule has 2 aromatic rings. The van der Waals surface area contributed by atoms with Gasteiger partial charge in [0.25, 0.3) is 0 Å². The summed E-state index contributed by atoms with van der Waals surface area (Å²) in [5, 5.41) is 23.4. The normalized spacial score (nSPS) is 33.8. The molecular formula is C25H31NO2. The summed E-state index contributed by atoms with van der Waals surface area (Å²) in [6, 6.07) is 14.2. The summed E-state index contributed by atoms with van der Waals surface area (Å²) in [6.45, 7) is 3.35. The Labute approximate surface area is 167 Å². The molecule has 2 fully saturated rings. The van der Waals surface area contributed by atoms with Crippen LogP contribution in [0.1, 0.15) is 61.6 Å². The van der Waals surface area contributed by atoms with Crippen molar-refractivity contribution in [1.82, 2.24) is 5.32 Å². The summed E-state index contributed by atoms with van der Waals surface area (Å²) in [7, 11) is 0. The van der Waals surface area contributed by atoms with E-state index in [1.54, 1.807) is 6.07 Å². The highest BCUT2D eigenvalue weighted by molar-refractivity contribution is 5.40. The maximum atomic E-state index is 9.86. The Morgan fingerprint density at radius 2 is 1.86 bits per heavy atom. The van der Waals surface area contributed by atoms with Crippen LogP contribution < -0.4 is 5.32 Å². The molecule has 3 nitrogen and oxygen atoms in total. The summed E-state index contributed by atoms with van der Waals surface area (Å²) in [4.78, 5) is 0. The van der Waals surface area contributed by atoms with Crippen LogP contribution in [0, 0.1) is 17.3 Å². The Balaban J connectivity index is 1.33. The van der Waals surface area contributed by atoms with Crippen molar-refractivity contribution in [2.45, 2.75) is 64.0 Å². The van der Waals surface area contributed by atoms with Gasteiger partial charge in [-0.15, -0.1) is 0 Å². The lowest BCUT2D eigenvalue weighted by atomic mass is 9.55. The van der Waals surface area contributed by atoms with Crippen molar-refractivity contribution in [3.8, 4) is 11.5 Å². The minimum absolute atomic E-state index is 0.349. The Morgan fingerprint density at radius 1 is 1.00 bits per heavy atom. The first kappa shape index (κ1) is 18.1. The molecule has 2 saturated carbocycles. The Hall–Kier alpha value is -2.00. The highest BCUT2D eigenvalue weighted by Crippen LogP contribution is 2.61. The topological polar surface area (TPSA) is 52.5 Å². The van der Waals surface area contributed by atoms with Crippen molar-refractivity contribution in [1.29, 1.82) is 0 Å². The third-order valence-electron chi connectivity index (χ3n) is 8.17. The summed E-state index contributed by atoms with van der Waals surface area (Å²) in [5.41, 5.74) is 4.41. The van der Waals surface area contributed by atoms with Gasteiger partial charge in [-0.25, -0.2) is 0 Å². The van der Waals surface area contributed by atoms with E-state index in [1.807, 2.05) is 24.3 Å². The predicted octanol–water partition coefficient (Wildman–Crippen LogP) is 5.11. The molecule has 3 heteroatoms. The molecule has 5 atom stereocenters. The lowest BCUT2D eigenvalue weighted by Crippen LogP contribution is -2.48. The second-order valence-electron chi connectivity index (χ2n) is 9.52. The monoisotopic (exact) mass is 377 g/mol. The van der Waals surface area contributed by atoms with Crippen LogP contribution in [0.4, 0.5) is 0 Å². The third kappa shape index (κ3) is 2.91. The van der Waals surface area contributed by atoms with E-state index in [0.29, 0.717) is 28.9 Å². The van der Waals surface area contributed by atoms with Crippen LogP contribution in [-0.2, 0) is 13.0 Å². The zero-order valence-electron chi connectivity index (χ0n) is 16.7. The minimum Gasteiger partial charge on any atom is -0.508 e. The van der Waals surface area contributed by atoms with Crippen LogP contribution in [0.3, 0.4) is 0 Å². The molecule has 0 unspecified atom stereocenters. The zero-order chi connectivity index (χ0) is 19.3. The van der Waals surface area contributed by atoms with E-state index in [-0.39, 0.29) is 0 Å². The SMILES string of the molecule is C[C@]12CC[C@@H]3c4ccc(O)cc4CC[C@H]3[C@@H]1CC[C@H]2NCc1cccc(O)c1. The van der Waals surface area contributed by atoms with Gasteiger partial charge in [0.15, 0.2) is 0 Å². The van der Waals surface area contributed by atoms with Crippen LogP contribution in [0.15, 0.2) is 42.5 Å². The molecule has 0 aromatic heterocycles. The number of hydrogen-bond acceptors (Lipinski definition) is 3. The smallest absolute Gasteiger partial charge is 0.115 e. The van der Waals surface area contributed by atoms with Gasteiger partial charge >= 0.3 is 0 Å². The number of aromatic hydroxyl groups is 2. The second-order valence-corrected chi connectivity index (χ2v) is 9.52. The van der Waals surface area contributed by atoms with Gasteiger partial charge in [-0.1, -0.05) is 25.1 Å². The molecular weight excluding hydrogens is 346 g/mol.